The normalized spacial score (nSPS) is 13.7. The zero-order valence-electron chi connectivity index (χ0n) is 52.4. The standard InChI is InChI=1S/C90H60N2O2/c1-89(2)74-30-12-10-26-66(74)72-51-59(36-44-75(72)89)57-19-13-21-61(49-57)91(79-31-15-27-70-85-63-23-7-5-17-53(63)39-47-81(85)93-87(70)79)77-45-37-55-34-43-69-78(46-38-56-33-42-68(77)83(55)84(56)69)92(80-32-16-28-71-86-64-24-8-6-18-54(64)40-48-82(86)94-88(71)80)62-22-14-20-58(50-62)60-35-41-67-65-25-9-11-29-73(65)90(3,4)76(67)52-60/h5-52H,1-4H3. The largest absolute Gasteiger partial charge is 0.454 e. The summed E-state index contributed by atoms with van der Waals surface area (Å²) in [5.41, 5.74) is 24.6. The smallest absolute Gasteiger partial charge is 0.159 e. The number of hydrogen-bond acceptors (Lipinski definition) is 4. The van der Waals surface area contributed by atoms with Crippen molar-refractivity contribution < 1.29 is 8.83 Å². The first-order valence-corrected chi connectivity index (χ1v) is 32.8. The molecule has 0 atom stereocenters. The molecule has 0 saturated heterocycles. The molecule has 0 fully saturated rings. The molecule has 0 N–H and O–H groups in total. The van der Waals surface area contributed by atoms with Gasteiger partial charge in [0.2, 0.25) is 0 Å². The number of anilines is 6. The Morgan fingerprint density at radius 3 is 1.22 bits per heavy atom. The van der Waals surface area contributed by atoms with Gasteiger partial charge in [0.1, 0.15) is 11.2 Å². The van der Waals surface area contributed by atoms with Gasteiger partial charge in [-0.25, -0.2) is 0 Å². The first kappa shape index (κ1) is 53.0. The van der Waals surface area contributed by atoms with Crippen molar-refractivity contribution >= 4 is 132 Å². The Morgan fingerprint density at radius 2 is 0.660 bits per heavy atom. The van der Waals surface area contributed by atoms with E-state index >= 15 is 0 Å². The van der Waals surface area contributed by atoms with Crippen LogP contribution >= 0.6 is 0 Å². The molecule has 0 bridgehead atoms. The molecular weight excluding hydrogens is 1140 g/mol. The lowest BCUT2D eigenvalue weighted by molar-refractivity contribution is 0.660. The molecule has 16 aromatic carbocycles. The fourth-order valence-corrected chi connectivity index (χ4v) is 16.9. The maximum Gasteiger partial charge on any atom is 0.159 e. The third kappa shape index (κ3) is 7.45. The predicted octanol–water partition coefficient (Wildman–Crippen LogP) is 25.6. The van der Waals surface area contributed by atoms with Crippen molar-refractivity contribution in [2.75, 3.05) is 9.80 Å². The molecule has 94 heavy (non-hydrogen) atoms. The Labute approximate surface area is 543 Å². The van der Waals surface area contributed by atoms with E-state index in [1.807, 2.05) is 0 Å². The minimum absolute atomic E-state index is 0.0912. The van der Waals surface area contributed by atoms with Crippen LogP contribution in [0.1, 0.15) is 49.9 Å². The lowest BCUT2D eigenvalue weighted by Crippen LogP contribution is -2.14. The molecule has 4 nitrogen and oxygen atoms in total. The van der Waals surface area contributed by atoms with Crippen LogP contribution in [-0.4, -0.2) is 0 Å². The molecule has 0 spiro atoms. The van der Waals surface area contributed by atoms with E-state index in [1.54, 1.807) is 0 Å². The number of rotatable bonds is 8. The van der Waals surface area contributed by atoms with Gasteiger partial charge in [0.05, 0.1) is 22.7 Å². The molecule has 2 aliphatic rings. The van der Waals surface area contributed by atoms with Crippen LogP contribution in [0.3, 0.4) is 0 Å². The fourth-order valence-electron chi connectivity index (χ4n) is 16.9. The van der Waals surface area contributed by atoms with E-state index in [-0.39, 0.29) is 10.8 Å². The number of fused-ring (bicyclic) bond motifs is 16. The van der Waals surface area contributed by atoms with Gasteiger partial charge in [0, 0.05) is 54.5 Å². The lowest BCUT2D eigenvalue weighted by Gasteiger charge is -2.29. The highest BCUT2D eigenvalue weighted by molar-refractivity contribution is 6.30. The van der Waals surface area contributed by atoms with Crippen molar-refractivity contribution in [2.24, 2.45) is 0 Å². The molecule has 0 saturated carbocycles. The average molecular weight is 1200 g/mol. The number of para-hydroxylation sites is 2. The summed E-state index contributed by atoms with van der Waals surface area (Å²) in [6, 6.07) is 108. The summed E-state index contributed by atoms with van der Waals surface area (Å²) >= 11 is 0. The van der Waals surface area contributed by atoms with Crippen molar-refractivity contribution in [3.63, 3.8) is 0 Å². The van der Waals surface area contributed by atoms with Crippen molar-refractivity contribution in [1.29, 1.82) is 0 Å². The van der Waals surface area contributed by atoms with Crippen LogP contribution in [0.15, 0.2) is 300 Å². The molecule has 2 aliphatic carbocycles. The van der Waals surface area contributed by atoms with E-state index in [1.165, 1.54) is 98.7 Å². The van der Waals surface area contributed by atoms with Crippen LogP contribution in [0.25, 0.3) is 142 Å². The van der Waals surface area contributed by atoms with E-state index in [2.05, 4.69) is 329 Å². The Balaban J connectivity index is 0.810. The molecule has 20 rings (SSSR count). The molecule has 0 amide bonds. The Hall–Kier alpha value is -11.7. The summed E-state index contributed by atoms with van der Waals surface area (Å²) < 4.78 is 14.4. The summed E-state index contributed by atoms with van der Waals surface area (Å²) in [4.78, 5) is 4.91. The van der Waals surface area contributed by atoms with Crippen molar-refractivity contribution in [3.05, 3.63) is 313 Å². The van der Waals surface area contributed by atoms with Crippen LogP contribution in [0.2, 0.25) is 0 Å². The van der Waals surface area contributed by atoms with Gasteiger partial charge >= 0.3 is 0 Å². The highest BCUT2D eigenvalue weighted by Gasteiger charge is 2.37. The Bertz CT molecular complexity index is 6270. The SMILES string of the molecule is CC1(C)c2ccccc2-c2cc(-c3cccc(N(c4ccc5ccc6c(N(c7cccc(-c8ccc9c(c8)C(C)(C)c8ccccc8-9)c7)c7cccc8c7oc7ccc9ccccc9c78)ccc7ccc4c5c76)c4cccc5c4oc4ccc6ccccc6c45)c3)ccc21. The zero-order chi connectivity index (χ0) is 62.3. The van der Waals surface area contributed by atoms with Gasteiger partial charge in [0.25, 0.3) is 0 Å². The molecule has 2 heterocycles. The molecular formula is C90H60N2O2. The quantitative estimate of drug-likeness (QED) is 0.142. The summed E-state index contributed by atoms with van der Waals surface area (Å²) in [5, 5.41) is 16.1. The lowest BCUT2D eigenvalue weighted by atomic mass is 9.81. The summed E-state index contributed by atoms with van der Waals surface area (Å²) in [7, 11) is 0. The molecule has 0 aliphatic heterocycles. The minimum Gasteiger partial charge on any atom is -0.454 e. The number of furan rings is 2. The van der Waals surface area contributed by atoms with Crippen LogP contribution < -0.4 is 9.80 Å². The highest BCUT2D eigenvalue weighted by atomic mass is 16.3. The Kier molecular flexibility index (Phi) is 10.9. The second-order valence-electron chi connectivity index (χ2n) is 27.1. The van der Waals surface area contributed by atoms with Crippen molar-refractivity contribution in [2.45, 2.75) is 38.5 Å². The van der Waals surface area contributed by atoms with Crippen LogP contribution in [0, 0.1) is 0 Å². The van der Waals surface area contributed by atoms with Gasteiger partial charge in [0.15, 0.2) is 11.2 Å². The first-order chi connectivity index (χ1) is 46.1. The third-order valence-electron chi connectivity index (χ3n) is 21.4. The Morgan fingerprint density at radius 1 is 0.245 bits per heavy atom. The molecule has 4 heteroatoms. The fraction of sp³-hybridized carbons (Fsp3) is 0.0667. The number of hydrogen-bond donors (Lipinski definition) is 0. The topological polar surface area (TPSA) is 32.8 Å². The van der Waals surface area contributed by atoms with Crippen molar-refractivity contribution in [3.8, 4) is 44.5 Å². The predicted molar refractivity (Wildman–Crippen MR) is 395 cm³/mol. The number of nitrogens with zero attached hydrogens (tertiary/aromatic N) is 2. The average Bonchev–Trinajstić information content (AvgIpc) is 0.988. The second-order valence-corrected chi connectivity index (χ2v) is 27.1. The maximum absolute atomic E-state index is 7.18. The summed E-state index contributed by atoms with van der Waals surface area (Å²) in [5.74, 6) is 0. The van der Waals surface area contributed by atoms with Gasteiger partial charge < -0.3 is 18.6 Å². The van der Waals surface area contributed by atoms with Gasteiger partial charge in [-0.15, -0.1) is 0 Å². The van der Waals surface area contributed by atoms with Gasteiger partial charge in [-0.1, -0.05) is 246 Å². The van der Waals surface area contributed by atoms with Crippen LogP contribution in [0.4, 0.5) is 34.1 Å². The van der Waals surface area contributed by atoms with Crippen molar-refractivity contribution in [1.82, 2.24) is 0 Å². The zero-order valence-corrected chi connectivity index (χ0v) is 52.4. The van der Waals surface area contributed by atoms with E-state index in [0.717, 1.165) is 99.9 Å². The third-order valence-corrected chi connectivity index (χ3v) is 21.4. The monoisotopic (exact) mass is 1200 g/mol. The number of benzene rings is 16. The minimum atomic E-state index is -0.139. The second kappa shape index (κ2) is 19.4. The first-order valence-electron chi connectivity index (χ1n) is 32.8. The van der Waals surface area contributed by atoms with Gasteiger partial charge in [-0.3, -0.25) is 0 Å². The maximum atomic E-state index is 7.18. The van der Waals surface area contributed by atoms with E-state index in [0.29, 0.717) is 0 Å². The van der Waals surface area contributed by atoms with E-state index in [4.69, 9.17) is 8.83 Å². The van der Waals surface area contributed by atoms with Crippen LogP contribution in [0.5, 0.6) is 0 Å². The summed E-state index contributed by atoms with van der Waals surface area (Å²) in [6.07, 6.45) is 0. The molecule has 0 radical (unpaired) electrons. The van der Waals surface area contributed by atoms with Gasteiger partial charge in [-0.2, -0.15) is 0 Å². The summed E-state index contributed by atoms with van der Waals surface area (Å²) in [6.45, 7) is 9.43. The molecule has 2 aromatic heterocycles. The molecule has 442 valence electrons. The highest BCUT2D eigenvalue weighted by Crippen LogP contribution is 2.55. The van der Waals surface area contributed by atoms with Crippen LogP contribution in [-0.2, 0) is 10.8 Å². The van der Waals surface area contributed by atoms with E-state index in [9.17, 15) is 0 Å². The molecule has 0 unspecified atom stereocenters. The van der Waals surface area contributed by atoms with E-state index < -0.39 is 0 Å². The van der Waals surface area contributed by atoms with Gasteiger partial charge in [-0.05, 0) is 183 Å². The molecule has 18 aromatic rings.